The summed E-state index contributed by atoms with van der Waals surface area (Å²) in [4.78, 5) is 0. The fourth-order valence-corrected chi connectivity index (χ4v) is 3.91. The Morgan fingerprint density at radius 2 is 0.897 bits per heavy atom. The minimum atomic E-state index is -0.326. The molecule has 29 heavy (non-hydrogen) atoms. The lowest BCUT2D eigenvalue weighted by atomic mass is 9.98. The van der Waals surface area contributed by atoms with Gasteiger partial charge in [-0.15, -0.1) is 0 Å². The molecule has 0 aliphatic rings. The second kappa shape index (κ2) is 7.33. The van der Waals surface area contributed by atoms with E-state index in [9.17, 15) is 5.11 Å². The maximum absolute atomic E-state index is 11.2. The lowest BCUT2D eigenvalue weighted by molar-refractivity contribution is 0.240. The van der Waals surface area contributed by atoms with E-state index in [0.29, 0.717) is 5.75 Å². The molecule has 0 spiro atoms. The van der Waals surface area contributed by atoms with Crippen molar-refractivity contribution in [3.8, 4) is 11.5 Å². The van der Waals surface area contributed by atoms with Crippen LogP contribution in [0.1, 0.15) is 17.2 Å². The van der Waals surface area contributed by atoms with Crippen molar-refractivity contribution in [1.82, 2.24) is 0 Å². The highest BCUT2D eigenvalue weighted by molar-refractivity contribution is 6.13. The van der Waals surface area contributed by atoms with Crippen LogP contribution in [0.3, 0.4) is 0 Å². The number of benzene rings is 5. The first-order chi connectivity index (χ1) is 14.3. The van der Waals surface area contributed by atoms with Crippen LogP contribution in [0.25, 0.3) is 21.5 Å². The van der Waals surface area contributed by atoms with Gasteiger partial charge in [-0.05, 0) is 21.9 Å². The first-order valence-corrected chi connectivity index (χ1v) is 9.72. The predicted octanol–water partition coefficient (Wildman–Crippen LogP) is 6.87. The van der Waals surface area contributed by atoms with Gasteiger partial charge in [-0.3, -0.25) is 0 Å². The predicted molar refractivity (Wildman–Crippen MR) is 118 cm³/mol. The van der Waals surface area contributed by atoms with Crippen LogP contribution in [-0.4, -0.2) is 5.11 Å². The van der Waals surface area contributed by atoms with Gasteiger partial charge in [0.1, 0.15) is 6.10 Å². The summed E-state index contributed by atoms with van der Waals surface area (Å²) in [5.74, 6) is 0.688. The van der Waals surface area contributed by atoms with E-state index in [0.717, 1.165) is 32.7 Å². The number of phenols is 1. The van der Waals surface area contributed by atoms with E-state index in [1.165, 1.54) is 0 Å². The van der Waals surface area contributed by atoms with Crippen LogP contribution in [-0.2, 0) is 0 Å². The van der Waals surface area contributed by atoms with Crippen LogP contribution < -0.4 is 4.74 Å². The molecule has 0 bridgehead atoms. The van der Waals surface area contributed by atoms with Gasteiger partial charge in [-0.25, -0.2) is 0 Å². The Morgan fingerprint density at radius 3 is 1.45 bits per heavy atom. The number of hydrogen-bond donors (Lipinski definition) is 1. The van der Waals surface area contributed by atoms with E-state index >= 15 is 0 Å². The van der Waals surface area contributed by atoms with Gasteiger partial charge in [0, 0.05) is 10.8 Å². The zero-order valence-electron chi connectivity index (χ0n) is 15.8. The molecule has 2 heteroatoms. The lowest BCUT2D eigenvalue weighted by Gasteiger charge is -2.23. The standard InChI is InChI=1S/C27H20O2/c28-25-23-17-9-7-15-21(23)22-16-8-10-18-24(22)27(25)29-26(19-11-3-1-4-12-19)20-13-5-2-6-14-20/h1-18,26,28H. The van der Waals surface area contributed by atoms with Crippen molar-refractivity contribution in [3.05, 3.63) is 120 Å². The average molecular weight is 376 g/mol. The number of rotatable bonds is 4. The van der Waals surface area contributed by atoms with Gasteiger partial charge in [-0.2, -0.15) is 0 Å². The topological polar surface area (TPSA) is 29.5 Å². The Bertz CT molecular complexity index is 1240. The van der Waals surface area contributed by atoms with Gasteiger partial charge in [-0.1, -0.05) is 109 Å². The molecule has 5 aromatic rings. The van der Waals surface area contributed by atoms with Gasteiger partial charge in [0.15, 0.2) is 11.5 Å². The first-order valence-electron chi connectivity index (χ1n) is 9.72. The Balaban J connectivity index is 1.74. The Kier molecular flexibility index (Phi) is 4.38. The molecule has 2 nitrogen and oxygen atoms in total. The van der Waals surface area contributed by atoms with Gasteiger partial charge in [0.2, 0.25) is 0 Å². The van der Waals surface area contributed by atoms with Crippen LogP contribution >= 0.6 is 0 Å². The summed E-state index contributed by atoms with van der Waals surface area (Å²) in [7, 11) is 0. The molecule has 1 N–H and O–H groups in total. The third-order valence-electron chi connectivity index (χ3n) is 5.30. The molecule has 0 amide bonds. The zero-order chi connectivity index (χ0) is 19.6. The first kappa shape index (κ1) is 17.3. The van der Waals surface area contributed by atoms with Crippen LogP contribution in [0.4, 0.5) is 0 Å². The van der Waals surface area contributed by atoms with Crippen LogP contribution in [0.2, 0.25) is 0 Å². The van der Waals surface area contributed by atoms with Crippen molar-refractivity contribution in [3.63, 3.8) is 0 Å². The summed E-state index contributed by atoms with van der Waals surface area (Å²) in [6, 6.07) is 36.2. The molecule has 0 fully saturated rings. The molecule has 0 aromatic heterocycles. The van der Waals surface area contributed by atoms with Crippen molar-refractivity contribution in [1.29, 1.82) is 0 Å². The Morgan fingerprint density at radius 1 is 0.483 bits per heavy atom. The Hall–Kier alpha value is -3.78. The molecule has 0 heterocycles. The smallest absolute Gasteiger partial charge is 0.170 e. The fraction of sp³-hybridized carbons (Fsp3) is 0.0370. The van der Waals surface area contributed by atoms with E-state index in [1.54, 1.807) is 0 Å². The van der Waals surface area contributed by atoms with E-state index in [-0.39, 0.29) is 11.9 Å². The minimum Gasteiger partial charge on any atom is -0.504 e. The zero-order valence-corrected chi connectivity index (χ0v) is 15.8. The van der Waals surface area contributed by atoms with Gasteiger partial charge in [0.05, 0.1) is 0 Å². The number of phenolic OH excluding ortho intramolecular Hbond substituents is 1. The number of fused-ring (bicyclic) bond motifs is 3. The third kappa shape index (κ3) is 3.09. The molecule has 0 unspecified atom stereocenters. The quantitative estimate of drug-likeness (QED) is 0.347. The fourth-order valence-electron chi connectivity index (χ4n) is 3.91. The normalized spacial score (nSPS) is 11.2. The molecular weight excluding hydrogens is 356 g/mol. The number of ether oxygens (including phenoxy) is 1. The van der Waals surface area contributed by atoms with Crippen molar-refractivity contribution in [2.45, 2.75) is 6.10 Å². The number of aromatic hydroxyl groups is 1. The van der Waals surface area contributed by atoms with Crippen LogP contribution in [0.5, 0.6) is 11.5 Å². The highest BCUT2D eigenvalue weighted by atomic mass is 16.5. The molecule has 5 rings (SSSR count). The summed E-state index contributed by atoms with van der Waals surface area (Å²) in [6.07, 6.45) is -0.326. The maximum atomic E-state index is 11.2. The van der Waals surface area contributed by atoms with Gasteiger partial charge in [0.25, 0.3) is 0 Å². The maximum Gasteiger partial charge on any atom is 0.170 e. The van der Waals surface area contributed by atoms with Crippen molar-refractivity contribution in [2.75, 3.05) is 0 Å². The third-order valence-corrected chi connectivity index (χ3v) is 5.30. The van der Waals surface area contributed by atoms with E-state index in [2.05, 4.69) is 30.3 Å². The van der Waals surface area contributed by atoms with Gasteiger partial charge < -0.3 is 9.84 Å². The average Bonchev–Trinajstić information content (AvgIpc) is 2.80. The highest BCUT2D eigenvalue weighted by Crippen LogP contribution is 2.45. The van der Waals surface area contributed by atoms with E-state index in [4.69, 9.17) is 4.74 Å². The molecule has 140 valence electrons. The molecule has 5 aromatic carbocycles. The van der Waals surface area contributed by atoms with E-state index < -0.39 is 0 Å². The van der Waals surface area contributed by atoms with Crippen molar-refractivity contribution in [2.24, 2.45) is 0 Å². The molecular formula is C27H20O2. The molecule has 0 atom stereocenters. The molecule has 0 aliphatic heterocycles. The summed E-state index contributed by atoms with van der Waals surface area (Å²) in [5, 5.41) is 14.9. The second-order valence-corrected chi connectivity index (χ2v) is 7.09. The monoisotopic (exact) mass is 376 g/mol. The number of hydrogen-bond acceptors (Lipinski definition) is 2. The summed E-state index contributed by atoms with van der Waals surface area (Å²) in [6.45, 7) is 0. The van der Waals surface area contributed by atoms with Crippen LogP contribution in [0, 0.1) is 0 Å². The molecule has 0 radical (unpaired) electrons. The van der Waals surface area contributed by atoms with Gasteiger partial charge >= 0.3 is 0 Å². The molecule has 0 saturated heterocycles. The SMILES string of the molecule is Oc1c(OC(c2ccccc2)c2ccccc2)c2ccccc2c2ccccc12. The minimum absolute atomic E-state index is 0.177. The Labute approximate surface area is 169 Å². The summed E-state index contributed by atoms with van der Waals surface area (Å²) in [5.41, 5.74) is 2.07. The van der Waals surface area contributed by atoms with Crippen molar-refractivity contribution < 1.29 is 9.84 Å². The molecule has 0 saturated carbocycles. The van der Waals surface area contributed by atoms with Crippen molar-refractivity contribution >= 4 is 21.5 Å². The second-order valence-electron chi connectivity index (χ2n) is 7.09. The summed E-state index contributed by atoms with van der Waals surface area (Å²) >= 11 is 0. The highest BCUT2D eigenvalue weighted by Gasteiger charge is 2.21. The lowest BCUT2D eigenvalue weighted by Crippen LogP contribution is -2.10. The largest absolute Gasteiger partial charge is 0.504 e. The summed E-state index contributed by atoms with van der Waals surface area (Å²) < 4.78 is 6.59. The van der Waals surface area contributed by atoms with E-state index in [1.807, 2.05) is 78.9 Å². The molecule has 0 aliphatic carbocycles. The van der Waals surface area contributed by atoms with Crippen LogP contribution in [0.15, 0.2) is 109 Å².